The number of rotatable bonds is 3. The summed E-state index contributed by atoms with van der Waals surface area (Å²) in [5, 5.41) is 2.79. The Labute approximate surface area is 121 Å². The molecule has 3 rings (SSSR count). The third-order valence-corrected chi connectivity index (χ3v) is 3.47. The quantitative estimate of drug-likeness (QED) is 0.853. The molecule has 2 aromatic rings. The highest BCUT2D eigenvalue weighted by Crippen LogP contribution is 2.33. The lowest BCUT2D eigenvalue weighted by Crippen LogP contribution is -2.19. The summed E-state index contributed by atoms with van der Waals surface area (Å²) in [6, 6.07) is 9.91. The SMILES string of the molecule is Nc1cc2c(cc1OCc1ccccc1F)NC(=O)CC2. The summed E-state index contributed by atoms with van der Waals surface area (Å²) in [5.74, 6) is 0.105. The highest BCUT2D eigenvalue weighted by Gasteiger charge is 2.17. The topological polar surface area (TPSA) is 64.3 Å². The Kier molecular flexibility index (Phi) is 3.48. The fourth-order valence-corrected chi connectivity index (χ4v) is 2.32. The van der Waals surface area contributed by atoms with Crippen LogP contribution in [0.4, 0.5) is 15.8 Å². The molecule has 108 valence electrons. The molecule has 0 radical (unpaired) electrons. The molecule has 0 atom stereocenters. The summed E-state index contributed by atoms with van der Waals surface area (Å²) in [7, 11) is 0. The number of anilines is 2. The zero-order valence-corrected chi connectivity index (χ0v) is 11.4. The fraction of sp³-hybridized carbons (Fsp3) is 0.188. The van der Waals surface area contributed by atoms with Gasteiger partial charge in [-0.25, -0.2) is 4.39 Å². The summed E-state index contributed by atoms with van der Waals surface area (Å²) < 4.78 is 19.1. The first-order valence-electron chi connectivity index (χ1n) is 6.72. The molecule has 21 heavy (non-hydrogen) atoms. The summed E-state index contributed by atoms with van der Waals surface area (Å²) in [6.07, 6.45) is 1.13. The Hall–Kier alpha value is -2.56. The van der Waals surface area contributed by atoms with Gasteiger partial charge in [0.1, 0.15) is 18.2 Å². The summed E-state index contributed by atoms with van der Waals surface area (Å²) in [5.41, 5.74) is 8.60. The van der Waals surface area contributed by atoms with Crippen molar-refractivity contribution in [1.29, 1.82) is 0 Å². The van der Waals surface area contributed by atoms with E-state index in [1.54, 1.807) is 30.3 Å². The zero-order valence-electron chi connectivity index (χ0n) is 11.4. The number of fused-ring (bicyclic) bond motifs is 1. The second kappa shape index (κ2) is 5.44. The van der Waals surface area contributed by atoms with Gasteiger partial charge in [0.15, 0.2) is 0 Å². The Morgan fingerprint density at radius 3 is 2.86 bits per heavy atom. The van der Waals surface area contributed by atoms with Gasteiger partial charge in [-0.05, 0) is 24.1 Å². The van der Waals surface area contributed by atoms with Crippen LogP contribution in [0.3, 0.4) is 0 Å². The molecular formula is C16H15FN2O2. The maximum absolute atomic E-state index is 13.5. The van der Waals surface area contributed by atoms with Crippen LogP contribution >= 0.6 is 0 Å². The molecule has 5 heteroatoms. The molecule has 0 aromatic heterocycles. The molecule has 1 aliphatic heterocycles. The molecule has 1 amide bonds. The second-order valence-corrected chi connectivity index (χ2v) is 4.98. The number of hydrogen-bond acceptors (Lipinski definition) is 3. The van der Waals surface area contributed by atoms with Gasteiger partial charge in [0.05, 0.1) is 5.69 Å². The van der Waals surface area contributed by atoms with E-state index in [-0.39, 0.29) is 18.3 Å². The van der Waals surface area contributed by atoms with E-state index in [0.717, 1.165) is 5.56 Å². The van der Waals surface area contributed by atoms with Crippen LogP contribution in [0.25, 0.3) is 0 Å². The van der Waals surface area contributed by atoms with E-state index < -0.39 is 0 Å². The number of aryl methyl sites for hydroxylation is 1. The van der Waals surface area contributed by atoms with Crippen molar-refractivity contribution in [2.45, 2.75) is 19.4 Å². The highest BCUT2D eigenvalue weighted by molar-refractivity contribution is 5.94. The number of nitrogen functional groups attached to an aromatic ring is 1. The van der Waals surface area contributed by atoms with E-state index in [1.165, 1.54) is 6.07 Å². The maximum Gasteiger partial charge on any atom is 0.224 e. The number of nitrogens with two attached hydrogens (primary N) is 1. The Bertz CT molecular complexity index is 701. The Morgan fingerprint density at radius 2 is 2.05 bits per heavy atom. The van der Waals surface area contributed by atoms with E-state index in [4.69, 9.17) is 10.5 Å². The minimum absolute atomic E-state index is 0.0210. The van der Waals surface area contributed by atoms with E-state index in [0.29, 0.717) is 35.5 Å². The molecule has 3 N–H and O–H groups in total. The molecule has 0 saturated carbocycles. The van der Waals surface area contributed by atoms with Crippen LogP contribution in [-0.2, 0) is 17.8 Å². The lowest BCUT2D eigenvalue weighted by atomic mass is 10.0. The van der Waals surface area contributed by atoms with E-state index in [2.05, 4.69) is 5.32 Å². The lowest BCUT2D eigenvalue weighted by Gasteiger charge is -2.19. The van der Waals surface area contributed by atoms with Crippen LogP contribution in [0.5, 0.6) is 5.75 Å². The molecule has 0 fully saturated rings. The largest absolute Gasteiger partial charge is 0.487 e. The molecule has 0 aliphatic carbocycles. The van der Waals surface area contributed by atoms with Crippen molar-refractivity contribution in [3.05, 3.63) is 53.3 Å². The van der Waals surface area contributed by atoms with E-state index in [1.807, 2.05) is 0 Å². The van der Waals surface area contributed by atoms with Crippen LogP contribution < -0.4 is 15.8 Å². The molecule has 0 spiro atoms. The van der Waals surface area contributed by atoms with Gasteiger partial charge < -0.3 is 15.8 Å². The molecule has 1 aliphatic rings. The highest BCUT2D eigenvalue weighted by atomic mass is 19.1. The van der Waals surface area contributed by atoms with Gasteiger partial charge in [0.25, 0.3) is 0 Å². The minimum atomic E-state index is -0.317. The van der Waals surface area contributed by atoms with Gasteiger partial charge in [0, 0.05) is 23.7 Å². The number of nitrogens with one attached hydrogen (secondary N) is 1. The van der Waals surface area contributed by atoms with Crippen molar-refractivity contribution in [1.82, 2.24) is 0 Å². The van der Waals surface area contributed by atoms with Crippen molar-refractivity contribution >= 4 is 17.3 Å². The van der Waals surface area contributed by atoms with Gasteiger partial charge in [-0.2, -0.15) is 0 Å². The Balaban J connectivity index is 1.81. The predicted octanol–water partition coefficient (Wildman–Crippen LogP) is 2.87. The monoisotopic (exact) mass is 286 g/mol. The normalized spacial score (nSPS) is 13.5. The maximum atomic E-state index is 13.5. The number of ether oxygens (including phenoxy) is 1. The molecular weight excluding hydrogens is 271 g/mol. The number of carbonyl (C=O) groups is 1. The third-order valence-electron chi connectivity index (χ3n) is 3.47. The van der Waals surface area contributed by atoms with Crippen LogP contribution in [0.1, 0.15) is 17.5 Å². The molecule has 0 saturated heterocycles. The Morgan fingerprint density at radius 1 is 1.24 bits per heavy atom. The molecule has 0 bridgehead atoms. The number of halogens is 1. The first kappa shape index (κ1) is 13.4. The van der Waals surface area contributed by atoms with Crippen molar-refractivity contribution in [3.63, 3.8) is 0 Å². The average Bonchev–Trinajstić information content (AvgIpc) is 2.47. The van der Waals surface area contributed by atoms with Gasteiger partial charge in [0.2, 0.25) is 5.91 Å². The first-order chi connectivity index (χ1) is 10.1. The van der Waals surface area contributed by atoms with Crippen molar-refractivity contribution in [2.24, 2.45) is 0 Å². The summed E-state index contributed by atoms with van der Waals surface area (Å²) in [6.45, 7) is 0.0869. The molecule has 0 unspecified atom stereocenters. The zero-order chi connectivity index (χ0) is 14.8. The minimum Gasteiger partial charge on any atom is -0.487 e. The molecule has 4 nitrogen and oxygen atoms in total. The lowest BCUT2D eigenvalue weighted by molar-refractivity contribution is -0.116. The van der Waals surface area contributed by atoms with Gasteiger partial charge >= 0.3 is 0 Å². The van der Waals surface area contributed by atoms with Crippen molar-refractivity contribution in [3.8, 4) is 5.75 Å². The van der Waals surface area contributed by atoms with E-state index in [9.17, 15) is 9.18 Å². The van der Waals surface area contributed by atoms with Gasteiger partial charge in [-0.1, -0.05) is 18.2 Å². The van der Waals surface area contributed by atoms with Crippen LogP contribution in [-0.4, -0.2) is 5.91 Å². The first-order valence-corrected chi connectivity index (χ1v) is 6.72. The van der Waals surface area contributed by atoms with Crippen molar-refractivity contribution in [2.75, 3.05) is 11.1 Å². The molecule has 1 heterocycles. The van der Waals surface area contributed by atoms with Crippen LogP contribution in [0, 0.1) is 5.82 Å². The standard InChI is InChI=1S/C16H15FN2O2/c17-12-4-2-1-3-11(12)9-21-15-8-14-10(7-13(15)18)5-6-16(20)19-14/h1-4,7-8H,5-6,9,18H2,(H,19,20). The number of amides is 1. The smallest absolute Gasteiger partial charge is 0.224 e. The molecule has 2 aromatic carbocycles. The average molecular weight is 286 g/mol. The van der Waals surface area contributed by atoms with E-state index >= 15 is 0 Å². The van der Waals surface area contributed by atoms with Crippen LogP contribution in [0.15, 0.2) is 36.4 Å². The van der Waals surface area contributed by atoms with Crippen LogP contribution in [0.2, 0.25) is 0 Å². The number of carbonyl (C=O) groups excluding carboxylic acids is 1. The van der Waals surface area contributed by atoms with Gasteiger partial charge in [-0.15, -0.1) is 0 Å². The second-order valence-electron chi connectivity index (χ2n) is 4.98. The number of hydrogen-bond donors (Lipinski definition) is 2. The summed E-state index contributed by atoms with van der Waals surface area (Å²) in [4.78, 5) is 11.4. The van der Waals surface area contributed by atoms with Crippen molar-refractivity contribution < 1.29 is 13.9 Å². The third kappa shape index (κ3) is 2.81. The number of benzene rings is 2. The fourth-order valence-electron chi connectivity index (χ4n) is 2.32. The van der Waals surface area contributed by atoms with Gasteiger partial charge in [-0.3, -0.25) is 4.79 Å². The predicted molar refractivity (Wildman–Crippen MR) is 78.5 cm³/mol. The summed E-state index contributed by atoms with van der Waals surface area (Å²) >= 11 is 0.